The molecule has 0 amide bonds. The lowest BCUT2D eigenvalue weighted by molar-refractivity contribution is -0.161. The summed E-state index contributed by atoms with van der Waals surface area (Å²) in [6, 6.07) is 0. The SMILES string of the molecule is CCC(C)CCCCCCCCCCC(=O)OC[C@H](COP(=O)(O)OC[C@@H](O)COP(=O)(O)OC[C@@H](COC(=O)CCCCCCCCC(C)CC)OC(=O)CCCCCCCCCCCCCCCCCC(C)C)OC(=O)CCCCCCCCCCCCCC(C)C. The van der Waals surface area contributed by atoms with E-state index in [0.29, 0.717) is 25.7 Å². The lowest BCUT2D eigenvalue weighted by Gasteiger charge is -2.21. The molecule has 7 atom stereocenters. The zero-order valence-electron chi connectivity index (χ0n) is 61.6. The Balaban J connectivity index is 5.24. The minimum atomic E-state index is -4.96. The molecule has 0 bridgehead atoms. The van der Waals surface area contributed by atoms with Gasteiger partial charge in [0.25, 0.3) is 0 Å². The van der Waals surface area contributed by atoms with Crippen molar-refractivity contribution in [3.63, 3.8) is 0 Å². The van der Waals surface area contributed by atoms with E-state index in [-0.39, 0.29) is 25.7 Å². The maximum atomic E-state index is 13.1. The Bertz CT molecular complexity index is 1850. The van der Waals surface area contributed by atoms with Crippen LogP contribution in [0.3, 0.4) is 0 Å². The lowest BCUT2D eigenvalue weighted by Crippen LogP contribution is -2.30. The van der Waals surface area contributed by atoms with Gasteiger partial charge < -0.3 is 33.8 Å². The molecule has 19 heteroatoms. The molecule has 558 valence electrons. The summed E-state index contributed by atoms with van der Waals surface area (Å²) >= 11 is 0. The van der Waals surface area contributed by atoms with Crippen LogP contribution < -0.4 is 0 Å². The van der Waals surface area contributed by atoms with Gasteiger partial charge in [0.15, 0.2) is 12.2 Å². The Kier molecular flexibility index (Phi) is 63.1. The third-order valence-corrected chi connectivity index (χ3v) is 19.9. The number of aliphatic hydroxyl groups excluding tert-OH is 1. The molecule has 0 aliphatic heterocycles. The van der Waals surface area contributed by atoms with E-state index in [9.17, 15) is 43.2 Å². The van der Waals surface area contributed by atoms with E-state index in [4.69, 9.17) is 37.0 Å². The average Bonchev–Trinajstić information content (AvgIpc) is 1.26. The van der Waals surface area contributed by atoms with Crippen molar-refractivity contribution in [3.05, 3.63) is 0 Å². The van der Waals surface area contributed by atoms with Crippen molar-refractivity contribution in [3.8, 4) is 0 Å². The monoisotopic (exact) mass is 1380 g/mol. The van der Waals surface area contributed by atoms with E-state index in [1.165, 1.54) is 173 Å². The van der Waals surface area contributed by atoms with Crippen molar-refractivity contribution >= 4 is 39.5 Å². The van der Waals surface area contributed by atoms with Crippen LogP contribution in [0.15, 0.2) is 0 Å². The predicted octanol–water partition coefficient (Wildman–Crippen LogP) is 21.7. The molecular weight excluding hydrogens is 1230 g/mol. The Morgan fingerprint density at radius 3 is 0.755 bits per heavy atom. The molecule has 0 radical (unpaired) electrons. The molecule has 0 aromatic rings. The van der Waals surface area contributed by atoms with Crippen molar-refractivity contribution in [2.45, 2.75) is 395 Å². The Morgan fingerprint density at radius 1 is 0.298 bits per heavy atom. The molecule has 0 aliphatic rings. The van der Waals surface area contributed by atoms with E-state index in [1.54, 1.807) is 0 Å². The highest BCUT2D eigenvalue weighted by Gasteiger charge is 2.30. The highest BCUT2D eigenvalue weighted by atomic mass is 31.2. The van der Waals surface area contributed by atoms with Gasteiger partial charge in [-0.3, -0.25) is 37.3 Å². The number of unbranched alkanes of at least 4 members (excludes halogenated alkanes) is 36. The second kappa shape index (κ2) is 64.4. The first-order valence-corrected chi connectivity index (χ1v) is 41.8. The first-order chi connectivity index (χ1) is 45.2. The molecule has 0 aliphatic carbocycles. The molecule has 0 spiro atoms. The van der Waals surface area contributed by atoms with Crippen molar-refractivity contribution in [2.75, 3.05) is 39.6 Å². The zero-order valence-corrected chi connectivity index (χ0v) is 63.4. The molecule has 0 aromatic heterocycles. The summed E-state index contributed by atoms with van der Waals surface area (Å²) in [5, 5.41) is 10.6. The minimum absolute atomic E-state index is 0.105. The summed E-state index contributed by atoms with van der Waals surface area (Å²) in [5.41, 5.74) is 0. The number of carbonyl (C=O) groups is 4. The van der Waals surface area contributed by atoms with Crippen LogP contribution in [0.5, 0.6) is 0 Å². The van der Waals surface area contributed by atoms with Gasteiger partial charge in [0.1, 0.15) is 19.3 Å². The van der Waals surface area contributed by atoms with Crippen LogP contribution in [0.4, 0.5) is 0 Å². The van der Waals surface area contributed by atoms with E-state index >= 15 is 0 Å². The highest BCUT2D eigenvalue weighted by molar-refractivity contribution is 7.47. The second-order valence-corrected chi connectivity index (χ2v) is 31.4. The summed E-state index contributed by atoms with van der Waals surface area (Å²) in [5.74, 6) is 0.953. The van der Waals surface area contributed by atoms with Crippen LogP contribution in [0, 0.1) is 23.7 Å². The van der Waals surface area contributed by atoms with E-state index in [0.717, 1.165) is 120 Å². The largest absolute Gasteiger partial charge is 0.472 e. The van der Waals surface area contributed by atoms with Gasteiger partial charge in [-0.05, 0) is 49.4 Å². The van der Waals surface area contributed by atoms with Crippen LogP contribution in [0.25, 0.3) is 0 Å². The molecule has 0 saturated carbocycles. The maximum absolute atomic E-state index is 13.1. The summed E-state index contributed by atoms with van der Waals surface area (Å²) < 4.78 is 68.5. The average molecular weight is 1380 g/mol. The fraction of sp³-hybridized carbons (Fsp3) is 0.947. The van der Waals surface area contributed by atoms with Crippen LogP contribution in [0.1, 0.15) is 376 Å². The zero-order chi connectivity index (χ0) is 69.6. The molecule has 4 unspecified atom stereocenters. The van der Waals surface area contributed by atoms with Crippen molar-refractivity contribution < 1.29 is 80.2 Å². The molecule has 0 aromatic carbocycles. The number of ether oxygens (including phenoxy) is 4. The molecule has 94 heavy (non-hydrogen) atoms. The molecule has 0 heterocycles. The Labute approximate surface area is 575 Å². The normalized spacial score (nSPS) is 14.7. The van der Waals surface area contributed by atoms with Gasteiger partial charge in [-0.25, -0.2) is 9.13 Å². The third-order valence-electron chi connectivity index (χ3n) is 18.0. The number of esters is 4. The summed E-state index contributed by atoms with van der Waals surface area (Å²) in [7, 11) is -9.91. The first kappa shape index (κ1) is 92.1. The van der Waals surface area contributed by atoms with Crippen LogP contribution in [-0.4, -0.2) is 96.7 Å². The standard InChI is InChI=1S/C75H146O17P2/c1-9-67(7)53-45-37-29-25-26-30-39-47-55-72(77)85-61-70(91-75(80)58-50-42-32-24-20-16-18-22-28-36-44-52-66(5)6)63-89-93(81,82)87-59-69(76)60-88-94(83,84)90-64-71(62-86-73(78)56-48-40-34-33-38-46-54-68(8)10-2)92-74(79)57-49-41-31-23-19-15-13-11-12-14-17-21-27-35-43-51-65(3)4/h65-71,76H,9-64H2,1-8H3,(H,81,82)(H,83,84)/t67?,68?,69-,70-,71-/m1/s1. The van der Waals surface area contributed by atoms with E-state index in [2.05, 4.69) is 55.4 Å². The summed E-state index contributed by atoms with van der Waals surface area (Å²) in [6.07, 6.45) is 48.5. The quantitative estimate of drug-likeness (QED) is 0.0222. The predicted molar refractivity (Wildman–Crippen MR) is 381 cm³/mol. The molecule has 3 N–H and O–H groups in total. The number of rotatable bonds is 72. The molecule has 17 nitrogen and oxygen atoms in total. The van der Waals surface area contributed by atoms with Crippen molar-refractivity contribution in [1.82, 2.24) is 0 Å². The van der Waals surface area contributed by atoms with Crippen LogP contribution >= 0.6 is 15.6 Å². The van der Waals surface area contributed by atoms with Crippen LogP contribution in [0.2, 0.25) is 0 Å². The fourth-order valence-electron chi connectivity index (χ4n) is 11.3. The minimum Gasteiger partial charge on any atom is -0.462 e. The Hall–Kier alpha value is -1.94. The van der Waals surface area contributed by atoms with Crippen molar-refractivity contribution in [1.29, 1.82) is 0 Å². The summed E-state index contributed by atoms with van der Waals surface area (Å²) in [6.45, 7) is 14.2. The van der Waals surface area contributed by atoms with Gasteiger partial charge in [-0.15, -0.1) is 0 Å². The van der Waals surface area contributed by atoms with Crippen LogP contribution in [-0.2, 0) is 65.4 Å². The van der Waals surface area contributed by atoms with Gasteiger partial charge >= 0.3 is 39.5 Å². The topological polar surface area (TPSA) is 237 Å². The smallest absolute Gasteiger partial charge is 0.462 e. The number of hydrogen-bond donors (Lipinski definition) is 3. The van der Waals surface area contributed by atoms with Gasteiger partial charge in [-0.2, -0.15) is 0 Å². The fourth-order valence-corrected chi connectivity index (χ4v) is 12.9. The molecular formula is C75H146O17P2. The highest BCUT2D eigenvalue weighted by Crippen LogP contribution is 2.45. The number of carbonyl (C=O) groups excluding carboxylic acids is 4. The maximum Gasteiger partial charge on any atom is 0.472 e. The molecule has 0 fully saturated rings. The second-order valence-electron chi connectivity index (χ2n) is 28.5. The lowest BCUT2D eigenvalue weighted by atomic mass is 9.99. The van der Waals surface area contributed by atoms with Gasteiger partial charge in [-0.1, -0.05) is 325 Å². The van der Waals surface area contributed by atoms with E-state index in [1.807, 2.05) is 0 Å². The summed E-state index contributed by atoms with van der Waals surface area (Å²) in [4.78, 5) is 72.8. The third kappa shape index (κ3) is 66.0. The van der Waals surface area contributed by atoms with Crippen molar-refractivity contribution in [2.24, 2.45) is 23.7 Å². The van der Waals surface area contributed by atoms with E-state index < -0.39 is 97.5 Å². The first-order valence-electron chi connectivity index (χ1n) is 38.8. The number of phosphoric acid groups is 2. The van der Waals surface area contributed by atoms with Gasteiger partial charge in [0.2, 0.25) is 0 Å². The molecule has 0 saturated heterocycles. The molecule has 0 rings (SSSR count). The number of hydrogen-bond acceptors (Lipinski definition) is 15. The van der Waals surface area contributed by atoms with Gasteiger partial charge in [0.05, 0.1) is 26.4 Å². The number of aliphatic hydroxyl groups is 1. The van der Waals surface area contributed by atoms with Gasteiger partial charge in [0, 0.05) is 25.7 Å². The number of phosphoric ester groups is 2. The Morgan fingerprint density at radius 2 is 0.511 bits per heavy atom.